The van der Waals surface area contributed by atoms with Gasteiger partial charge in [0.15, 0.2) is 9.84 Å². The van der Waals surface area contributed by atoms with Crippen LogP contribution in [-0.4, -0.2) is 31.5 Å². The van der Waals surface area contributed by atoms with Gasteiger partial charge in [-0.1, -0.05) is 13.3 Å². The van der Waals surface area contributed by atoms with E-state index in [0.717, 1.165) is 6.42 Å². The van der Waals surface area contributed by atoms with Crippen LogP contribution in [-0.2, 0) is 9.84 Å². The molecule has 0 saturated carbocycles. The normalized spacial score (nSPS) is 12.4. The topological polar surface area (TPSA) is 63.6 Å². The smallest absolute Gasteiger partial charge is 0.178 e. The standard InChI is InChI=1S/C15H24O4S/c1-4-5-12-20(17,18)14-8-6-13(7-9-14)19-15(2,3)10-11-16/h6-9,16H,4-5,10-12H2,1-3H3. The summed E-state index contributed by atoms with van der Waals surface area (Å²) in [6.07, 6.45) is 2.05. The van der Waals surface area contributed by atoms with Crippen LogP contribution in [0.4, 0.5) is 0 Å². The van der Waals surface area contributed by atoms with Crippen LogP contribution in [0, 0.1) is 0 Å². The van der Waals surface area contributed by atoms with Gasteiger partial charge in [0.1, 0.15) is 11.4 Å². The van der Waals surface area contributed by atoms with Crippen LogP contribution < -0.4 is 4.74 Å². The molecular formula is C15H24O4S. The van der Waals surface area contributed by atoms with E-state index in [0.29, 0.717) is 23.5 Å². The van der Waals surface area contributed by atoms with Crippen molar-refractivity contribution in [2.75, 3.05) is 12.4 Å². The number of ether oxygens (including phenoxy) is 1. The lowest BCUT2D eigenvalue weighted by molar-refractivity contribution is 0.0764. The Morgan fingerprint density at radius 3 is 2.30 bits per heavy atom. The van der Waals surface area contributed by atoms with Crippen molar-refractivity contribution < 1.29 is 18.3 Å². The molecule has 0 aromatic heterocycles. The van der Waals surface area contributed by atoms with Gasteiger partial charge >= 0.3 is 0 Å². The molecule has 0 saturated heterocycles. The molecule has 0 unspecified atom stereocenters. The van der Waals surface area contributed by atoms with Gasteiger partial charge in [0.05, 0.1) is 10.6 Å². The third-order valence-electron chi connectivity index (χ3n) is 3.06. The minimum Gasteiger partial charge on any atom is -0.488 e. The van der Waals surface area contributed by atoms with Crippen LogP contribution in [0.5, 0.6) is 5.75 Å². The second kappa shape index (κ2) is 7.09. The number of benzene rings is 1. The van der Waals surface area contributed by atoms with E-state index >= 15 is 0 Å². The maximum Gasteiger partial charge on any atom is 0.178 e. The van der Waals surface area contributed by atoms with Gasteiger partial charge in [-0.3, -0.25) is 0 Å². The molecule has 1 aromatic carbocycles. The highest BCUT2D eigenvalue weighted by molar-refractivity contribution is 7.91. The van der Waals surface area contributed by atoms with E-state index in [1.807, 2.05) is 20.8 Å². The summed E-state index contributed by atoms with van der Waals surface area (Å²) in [5.41, 5.74) is -0.475. The molecule has 1 N–H and O–H groups in total. The fourth-order valence-electron chi connectivity index (χ4n) is 1.81. The maximum atomic E-state index is 12.0. The Kier molecular flexibility index (Phi) is 6.02. The SMILES string of the molecule is CCCCS(=O)(=O)c1ccc(OC(C)(C)CCO)cc1. The molecule has 0 fully saturated rings. The first-order valence-corrected chi connectivity index (χ1v) is 8.58. The Morgan fingerprint density at radius 1 is 1.20 bits per heavy atom. The molecule has 0 heterocycles. The van der Waals surface area contributed by atoms with Gasteiger partial charge in [0.2, 0.25) is 0 Å². The van der Waals surface area contributed by atoms with E-state index < -0.39 is 15.4 Å². The summed E-state index contributed by atoms with van der Waals surface area (Å²) in [7, 11) is -3.19. The Morgan fingerprint density at radius 2 is 1.80 bits per heavy atom. The van der Waals surface area contributed by atoms with Gasteiger partial charge in [-0.15, -0.1) is 0 Å². The highest BCUT2D eigenvalue weighted by Gasteiger charge is 2.19. The Hall–Kier alpha value is -1.07. The zero-order valence-electron chi connectivity index (χ0n) is 12.4. The van der Waals surface area contributed by atoms with Crippen LogP contribution in [0.2, 0.25) is 0 Å². The minimum absolute atomic E-state index is 0.0521. The molecule has 1 rings (SSSR count). The molecule has 0 aliphatic heterocycles. The zero-order chi connectivity index (χ0) is 15.2. The molecule has 114 valence electrons. The van der Waals surface area contributed by atoms with Crippen LogP contribution >= 0.6 is 0 Å². The van der Waals surface area contributed by atoms with Crippen molar-refractivity contribution in [3.63, 3.8) is 0 Å². The second-order valence-electron chi connectivity index (χ2n) is 5.48. The summed E-state index contributed by atoms with van der Waals surface area (Å²) < 4.78 is 29.8. The maximum absolute atomic E-state index is 12.0. The average molecular weight is 300 g/mol. The molecule has 0 amide bonds. The molecule has 0 spiro atoms. The lowest BCUT2D eigenvalue weighted by atomic mass is 10.1. The van der Waals surface area contributed by atoms with Crippen molar-refractivity contribution in [3.8, 4) is 5.75 Å². The highest BCUT2D eigenvalue weighted by Crippen LogP contribution is 2.23. The third-order valence-corrected chi connectivity index (χ3v) is 4.87. The van der Waals surface area contributed by atoms with E-state index in [-0.39, 0.29) is 12.4 Å². The Labute approximate surface area is 121 Å². The van der Waals surface area contributed by atoms with Gasteiger partial charge in [-0.2, -0.15) is 0 Å². The summed E-state index contributed by atoms with van der Waals surface area (Å²) >= 11 is 0. The lowest BCUT2D eigenvalue weighted by Gasteiger charge is -2.25. The molecule has 5 heteroatoms. The van der Waals surface area contributed by atoms with Gasteiger partial charge in [0, 0.05) is 13.0 Å². The van der Waals surface area contributed by atoms with Crippen LogP contribution in [0.15, 0.2) is 29.2 Å². The van der Waals surface area contributed by atoms with E-state index in [1.165, 1.54) is 0 Å². The molecule has 0 bridgehead atoms. The molecular weight excluding hydrogens is 276 g/mol. The molecule has 0 aliphatic rings. The average Bonchev–Trinajstić information content (AvgIpc) is 2.36. The van der Waals surface area contributed by atoms with E-state index in [2.05, 4.69) is 0 Å². The molecule has 0 radical (unpaired) electrons. The van der Waals surface area contributed by atoms with Crippen LogP contribution in [0.25, 0.3) is 0 Å². The summed E-state index contributed by atoms with van der Waals surface area (Å²) in [6, 6.07) is 6.49. The Bertz CT molecular complexity index is 503. The fourth-order valence-corrected chi connectivity index (χ4v) is 3.26. The molecule has 1 aromatic rings. The lowest BCUT2D eigenvalue weighted by Crippen LogP contribution is -2.29. The van der Waals surface area contributed by atoms with Gasteiger partial charge in [-0.05, 0) is 44.5 Å². The van der Waals surface area contributed by atoms with Crippen LogP contribution in [0.3, 0.4) is 0 Å². The molecule has 0 atom stereocenters. The summed E-state index contributed by atoms with van der Waals surface area (Å²) in [4.78, 5) is 0.332. The van der Waals surface area contributed by atoms with Crippen molar-refractivity contribution in [2.45, 2.75) is 50.5 Å². The first kappa shape index (κ1) is 17.0. The minimum atomic E-state index is -3.19. The van der Waals surface area contributed by atoms with Gasteiger partial charge < -0.3 is 9.84 Å². The summed E-state index contributed by atoms with van der Waals surface area (Å²) in [6.45, 7) is 5.79. The molecule has 20 heavy (non-hydrogen) atoms. The van der Waals surface area contributed by atoms with Crippen LogP contribution in [0.1, 0.15) is 40.0 Å². The number of rotatable bonds is 8. The monoisotopic (exact) mass is 300 g/mol. The largest absolute Gasteiger partial charge is 0.488 e. The van der Waals surface area contributed by atoms with Crippen molar-refractivity contribution in [3.05, 3.63) is 24.3 Å². The predicted octanol–water partition coefficient (Wildman–Crippen LogP) is 2.80. The summed E-state index contributed by atoms with van der Waals surface area (Å²) in [5, 5.41) is 8.95. The van der Waals surface area contributed by atoms with E-state index in [9.17, 15) is 8.42 Å². The number of hydrogen-bond acceptors (Lipinski definition) is 4. The van der Waals surface area contributed by atoms with Gasteiger partial charge in [0.25, 0.3) is 0 Å². The number of aliphatic hydroxyl groups excluding tert-OH is 1. The fraction of sp³-hybridized carbons (Fsp3) is 0.600. The molecule has 0 aliphatic carbocycles. The highest BCUT2D eigenvalue weighted by atomic mass is 32.2. The number of unbranched alkanes of at least 4 members (excludes halogenated alkanes) is 1. The first-order chi connectivity index (χ1) is 9.30. The third kappa shape index (κ3) is 5.13. The Balaban J connectivity index is 2.79. The van der Waals surface area contributed by atoms with E-state index in [4.69, 9.17) is 9.84 Å². The van der Waals surface area contributed by atoms with Crippen molar-refractivity contribution in [2.24, 2.45) is 0 Å². The van der Waals surface area contributed by atoms with Crippen molar-refractivity contribution >= 4 is 9.84 Å². The van der Waals surface area contributed by atoms with Crippen molar-refractivity contribution in [1.82, 2.24) is 0 Å². The summed E-state index contributed by atoms with van der Waals surface area (Å²) in [5.74, 6) is 0.789. The predicted molar refractivity (Wildman–Crippen MR) is 79.8 cm³/mol. The number of hydrogen-bond donors (Lipinski definition) is 1. The number of aliphatic hydroxyl groups is 1. The quantitative estimate of drug-likeness (QED) is 0.802. The van der Waals surface area contributed by atoms with Gasteiger partial charge in [-0.25, -0.2) is 8.42 Å². The first-order valence-electron chi connectivity index (χ1n) is 6.93. The second-order valence-corrected chi connectivity index (χ2v) is 7.59. The van der Waals surface area contributed by atoms with E-state index in [1.54, 1.807) is 24.3 Å². The molecule has 4 nitrogen and oxygen atoms in total. The zero-order valence-corrected chi connectivity index (χ0v) is 13.2. The number of sulfone groups is 1. The van der Waals surface area contributed by atoms with Crippen molar-refractivity contribution in [1.29, 1.82) is 0 Å².